The average Bonchev–Trinajstić information content (AvgIpc) is 2.67. The molecule has 0 amide bonds. The monoisotopic (exact) mass is 245 g/mol. The molecule has 17 heavy (non-hydrogen) atoms. The second kappa shape index (κ2) is 4.56. The normalized spacial score (nSPS) is 18.9. The van der Waals surface area contributed by atoms with Crippen molar-refractivity contribution in [3.8, 4) is 5.75 Å². The Bertz CT molecular complexity index is 403. The molecule has 0 aliphatic carbocycles. The second-order valence-electron chi connectivity index (χ2n) is 4.15. The predicted molar refractivity (Wildman–Crippen MR) is 58.2 cm³/mol. The molecule has 0 radical (unpaired) electrons. The minimum absolute atomic E-state index is 0.0553. The molecule has 1 heterocycles. The molecule has 2 rings (SSSR count). The van der Waals surface area contributed by atoms with Gasteiger partial charge in [-0.1, -0.05) is 0 Å². The van der Waals surface area contributed by atoms with Gasteiger partial charge >= 0.3 is 6.18 Å². The van der Waals surface area contributed by atoms with Gasteiger partial charge < -0.3 is 10.1 Å². The molecule has 1 N–H and O–H groups in total. The third-order valence-electron chi connectivity index (χ3n) is 2.96. The lowest BCUT2D eigenvalue weighted by atomic mass is 9.96. The summed E-state index contributed by atoms with van der Waals surface area (Å²) in [4.78, 5) is 0. The Morgan fingerprint density at radius 1 is 1.41 bits per heavy atom. The first-order chi connectivity index (χ1) is 8.02. The molecule has 0 saturated heterocycles. The van der Waals surface area contributed by atoms with Crippen molar-refractivity contribution < 1.29 is 17.9 Å². The van der Waals surface area contributed by atoms with Gasteiger partial charge in [0.05, 0.1) is 12.2 Å². The van der Waals surface area contributed by atoms with Crippen LogP contribution in [-0.4, -0.2) is 20.2 Å². The van der Waals surface area contributed by atoms with Crippen LogP contribution in [0.5, 0.6) is 5.75 Å². The number of halogens is 3. The molecule has 1 unspecified atom stereocenters. The van der Waals surface area contributed by atoms with Crippen molar-refractivity contribution in [3.63, 3.8) is 0 Å². The zero-order valence-electron chi connectivity index (χ0n) is 9.47. The van der Waals surface area contributed by atoms with Crippen molar-refractivity contribution >= 4 is 0 Å². The van der Waals surface area contributed by atoms with Gasteiger partial charge in [0.15, 0.2) is 0 Å². The van der Waals surface area contributed by atoms with Crippen LogP contribution in [0, 0.1) is 0 Å². The minimum Gasteiger partial charge on any atom is -0.493 e. The van der Waals surface area contributed by atoms with Gasteiger partial charge in [-0.2, -0.15) is 13.2 Å². The highest BCUT2D eigenvalue weighted by Gasteiger charge is 2.33. The van der Waals surface area contributed by atoms with Crippen LogP contribution in [0.3, 0.4) is 0 Å². The number of nitrogens with one attached hydrogen (secondary N) is 1. The van der Waals surface area contributed by atoms with Gasteiger partial charge in [-0.05, 0) is 38.2 Å². The van der Waals surface area contributed by atoms with Crippen LogP contribution in [0.25, 0.3) is 0 Å². The van der Waals surface area contributed by atoms with Crippen molar-refractivity contribution in [1.29, 1.82) is 0 Å². The quantitative estimate of drug-likeness (QED) is 0.884. The van der Waals surface area contributed by atoms with Gasteiger partial charge in [0, 0.05) is 11.5 Å². The van der Waals surface area contributed by atoms with Crippen LogP contribution in [0.4, 0.5) is 13.2 Å². The molecule has 0 saturated carbocycles. The Kier molecular flexibility index (Phi) is 3.28. The number of hydrogen-bond donors (Lipinski definition) is 1. The Morgan fingerprint density at radius 2 is 2.18 bits per heavy atom. The molecule has 5 heteroatoms. The maximum absolute atomic E-state index is 12.6. The van der Waals surface area contributed by atoms with E-state index in [1.165, 1.54) is 12.1 Å². The molecule has 94 valence electrons. The lowest BCUT2D eigenvalue weighted by molar-refractivity contribution is -0.137. The highest BCUT2D eigenvalue weighted by atomic mass is 19.4. The van der Waals surface area contributed by atoms with Crippen LogP contribution in [0.2, 0.25) is 0 Å². The highest BCUT2D eigenvalue weighted by Crippen LogP contribution is 2.39. The molecule has 0 spiro atoms. The first kappa shape index (κ1) is 12.2. The van der Waals surface area contributed by atoms with E-state index in [0.29, 0.717) is 17.9 Å². The van der Waals surface area contributed by atoms with Crippen LogP contribution < -0.4 is 10.1 Å². The fourth-order valence-corrected chi connectivity index (χ4v) is 2.01. The number of hydrogen-bond acceptors (Lipinski definition) is 2. The average molecular weight is 245 g/mol. The Balaban J connectivity index is 2.24. The lowest BCUT2D eigenvalue weighted by Crippen LogP contribution is -2.13. The molecule has 1 aliphatic rings. The molecule has 0 aromatic heterocycles. The summed E-state index contributed by atoms with van der Waals surface area (Å²) >= 11 is 0. The SMILES string of the molecule is CNCCC1COc2ccc(C(F)(F)F)cc21. The van der Waals surface area contributed by atoms with Gasteiger partial charge in [-0.3, -0.25) is 0 Å². The zero-order chi connectivity index (χ0) is 12.5. The Labute approximate surface area is 97.8 Å². The second-order valence-corrected chi connectivity index (χ2v) is 4.15. The fraction of sp³-hybridized carbons (Fsp3) is 0.500. The fourth-order valence-electron chi connectivity index (χ4n) is 2.01. The third kappa shape index (κ3) is 2.54. The first-order valence-electron chi connectivity index (χ1n) is 5.51. The lowest BCUT2D eigenvalue weighted by Gasteiger charge is -2.11. The van der Waals surface area contributed by atoms with Gasteiger partial charge in [0.25, 0.3) is 0 Å². The predicted octanol–water partition coefficient (Wildman–Crippen LogP) is 2.79. The third-order valence-corrected chi connectivity index (χ3v) is 2.96. The molecule has 1 aromatic carbocycles. The van der Waals surface area contributed by atoms with Crippen molar-refractivity contribution in [1.82, 2.24) is 5.32 Å². The molecule has 0 bridgehead atoms. The molecule has 1 aromatic rings. The van der Waals surface area contributed by atoms with Gasteiger partial charge in [0.2, 0.25) is 0 Å². The van der Waals surface area contributed by atoms with E-state index in [-0.39, 0.29) is 5.92 Å². The minimum atomic E-state index is -4.29. The van der Waals surface area contributed by atoms with Crippen LogP contribution in [0.15, 0.2) is 18.2 Å². The van der Waals surface area contributed by atoms with E-state index in [1.807, 2.05) is 7.05 Å². The summed E-state index contributed by atoms with van der Waals surface area (Å²) in [5, 5.41) is 2.99. The number of fused-ring (bicyclic) bond motifs is 1. The Morgan fingerprint density at radius 3 is 2.82 bits per heavy atom. The number of ether oxygens (including phenoxy) is 1. The largest absolute Gasteiger partial charge is 0.493 e. The van der Waals surface area contributed by atoms with Crippen molar-refractivity contribution in [2.24, 2.45) is 0 Å². The van der Waals surface area contributed by atoms with Crippen molar-refractivity contribution in [3.05, 3.63) is 29.3 Å². The van der Waals surface area contributed by atoms with E-state index < -0.39 is 11.7 Å². The molecule has 1 aliphatic heterocycles. The highest BCUT2D eigenvalue weighted by molar-refractivity contribution is 5.43. The van der Waals surface area contributed by atoms with Crippen LogP contribution in [-0.2, 0) is 6.18 Å². The summed E-state index contributed by atoms with van der Waals surface area (Å²) < 4.78 is 43.1. The molecule has 1 atom stereocenters. The van der Waals surface area contributed by atoms with Gasteiger partial charge in [-0.25, -0.2) is 0 Å². The van der Waals surface area contributed by atoms with Crippen molar-refractivity contribution in [2.75, 3.05) is 20.2 Å². The van der Waals surface area contributed by atoms with Crippen LogP contribution >= 0.6 is 0 Å². The number of rotatable bonds is 3. The molecule has 2 nitrogen and oxygen atoms in total. The zero-order valence-corrected chi connectivity index (χ0v) is 9.47. The number of alkyl halides is 3. The van der Waals surface area contributed by atoms with E-state index >= 15 is 0 Å². The maximum Gasteiger partial charge on any atom is 0.416 e. The number of benzene rings is 1. The topological polar surface area (TPSA) is 21.3 Å². The summed E-state index contributed by atoms with van der Waals surface area (Å²) in [6.07, 6.45) is -3.50. The van der Waals surface area contributed by atoms with Gasteiger partial charge in [0.1, 0.15) is 5.75 Å². The summed E-state index contributed by atoms with van der Waals surface area (Å²) in [5.41, 5.74) is 0.0753. The molecule has 0 fully saturated rings. The Hall–Kier alpha value is -1.23. The van der Waals surface area contributed by atoms with E-state index in [4.69, 9.17) is 4.74 Å². The standard InChI is InChI=1S/C12H14F3NO/c1-16-5-4-8-7-17-11-3-2-9(6-10(8)11)12(13,14)15/h2-3,6,8,16H,4-5,7H2,1H3. The summed E-state index contributed by atoms with van der Waals surface area (Å²) in [5.74, 6) is 0.638. The first-order valence-corrected chi connectivity index (χ1v) is 5.51. The summed E-state index contributed by atoms with van der Waals surface area (Å²) in [6.45, 7) is 1.24. The van der Waals surface area contributed by atoms with E-state index in [2.05, 4.69) is 5.32 Å². The van der Waals surface area contributed by atoms with Crippen LogP contribution in [0.1, 0.15) is 23.5 Å². The van der Waals surface area contributed by atoms with Crippen molar-refractivity contribution in [2.45, 2.75) is 18.5 Å². The maximum atomic E-state index is 12.6. The van der Waals surface area contributed by atoms with E-state index in [9.17, 15) is 13.2 Å². The summed E-state index contributed by atoms with van der Waals surface area (Å²) in [6, 6.07) is 3.69. The smallest absolute Gasteiger partial charge is 0.416 e. The van der Waals surface area contributed by atoms with Gasteiger partial charge in [-0.15, -0.1) is 0 Å². The summed E-state index contributed by atoms with van der Waals surface area (Å²) in [7, 11) is 1.82. The van der Waals surface area contributed by atoms with E-state index in [0.717, 1.165) is 19.0 Å². The molecular weight excluding hydrogens is 231 g/mol. The molecular formula is C12H14F3NO. The van der Waals surface area contributed by atoms with E-state index in [1.54, 1.807) is 0 Å².